The Morgan fingerprint density at radius 2 is 1.64 bits per heavy atom. The molecule has 2 N–H and O–H groups in total. The lowest BCUT2D eigenvalue weighted by atomic mass is 10.00. The number of nitrogens with one attached hydrogen (secondary N) is 2. The Morgan fingerprint density at radius 3 is 2.28 bits per heavy atom. The average Bonchev–Trinajstić information content (AvgIpc) is 2.94. The van der Waals surface area contributed by atoms with Gasteiger partial charge in [-0.1, -0.05) is 32.0 Å². The van der Waals surface area contributed by atoms with Crippen LogP contribution in [-0.4, -0.2) is 11.0 Å². The summed E-state index contributed by atoms with van der Waals surface area (Å²) >= 11 is 0. The van der Waals surface area contributed by atoms with Crippen LogP contribution < -0.4 is 5.32 Å². The van der Waals surface area contributed by atoms with Crippen LogP contribution in [0.5, 0.6) is 0 Å². The van der Waals surface area contributed by atoms with E-state index in [1.54, 1.807) is 6.92 Å². The molecule has 0 saturated carbocycles. The van der Waals surface area contributed by atoms with E-state index in [9.17, 15) is 8.78 Å². The van der Waals surface area contributed by atoms with E-state index in [1.807, 2.05) is 13.8 Å². The summed E-state index contributed by atoms with van der Waals surface area (Å²) in [4.78, 5) is 3.47. The predicted octanol–water partition coefficient (Wildman–Crippen LogP) is 5.50. The monoisotopic (exact) mass is 344 g/mol. The molecule has 3 aromatic rings. The zero-order valence-corrected chi connectivity index (χ0v) is 15.3. The van der Waals surface area contributed by atoms with Crippen LogP contribution in [0.15, 0.2) is 42.5 Å². The van der Waals surface area contributed by atoms with Crippen molar-refractivity contribution in [2.75, 3.05) is 0 Å². The van der Waals surface area contributed by atoms with Crippen LogP contribution in [0.2, 0.25) is 0 Å². The molecule has 2 heterocycles. The van der Waals surface area contributed by atoms with E-state index in [1.165, 1.54) is 34.3 Å². The van der Waals surface area contributed by atoms with Gasteiger partial charge in [-0.25, -0.2) is 8.78 Å². The SMILES string of the molecule is CC.CC1Cc2c([nH]c3ccccc23)CN1.Cc1cc(F)cc(F)c1. The van der Waals surface area contributed by atoms with Crippen LogP contribution in [0.1, 0.15) is 37.6 Å². The van der Waals surface area contributed by atoms with Gasteiger partial charge in [0.1, 0.15) is 11.6 Å². The first-order valence-electron chi connectivity index (χ1n) is 8.77. The van der Waals surface area contributed by atoms with Crippen molar-refractivity contribution in [2.45, 2.75) is 46.7 Å². The quantitative estimate of drug-likeness (QED) is 0.553. The van der Waals surface area contributed by atoms with Crippen LogP contribution >= 0.6 is 0 Å². The first-order valence-corrected chi connectivity index (χ1v) is 8.77. The highest BCUT2D eigenvalue weighted by Gasteiger charge is 2.18. The molecule has 134 valence electrons. The average molecular weight is 344 g/mol. The van der Waals surface area contributed by atoms with E-state index < -0.39 is 11.6 Å². The minimum Gasteiger partial charge on any atom is -0.357 e. The Balaban J connectivity index is 0.000000179. The number of hydrogen-bond donors (Lipinski definition) is 2. The highest BCUT2D eigenvalue weighted by atomic mass is 19.1. The van der Waals surface area contributed by atoms with E-state index in [4.69, 9.17) is 0 Å². The van der Waals surface area contributed by atoms with Crippen molar-refractivity contribution in [2.24, 2.45) is 0 Å². The number of benzene rings is 2. The highest BCUT2D eigenvalue weighted by molar-refractivity contribution is 5.84. The summed E-state index contributed by atoms with van der Waals surface area (Å²) in [6.45, 7) is 8.86. The molecular formula is C21H26F2N2. The van der Waals surface area contributed by atoms with Gasteiger partial charge < -0.3 is 10.3 Å². The first-order chi connectivity index (χ1) is 12.0. The lowest BCUT2D eigenvalue weighted by molar-refractivity contribution is 0.511. The maximum Gasteiger partial charge on any atom is 0.126 e. The minimum atomic E-state index is -0.521. The molecule has 25 heavy (non-hydrogen) atoms. The molecule has 0 radical (unpaired) electrons. The maximum absolute atomic E-state index is 12.2. The molecule has 0 amide bonds. The molecule has 0 saturated heterocycles. The highest BCUT2D eigenvalue weighted by Crippen LogP contribution is 2.26. The molecule has 0 spiro atoms. The molecule has 1 aliphatic rings. The van der Waals surface area contributed by atoms with Gasteiger partial charge >= 0.3 is 0 Å². The Morgan fingerprint density at radius 1 is 1.00 bits per heavy atom. The Kier molecular flexibility index (Phi) is 6.71. The van der Waals surface area contributed by atoms with E-state index in [2.05, 4.69) is 41.5 Å². The third-order valence-electron chi connectivity index (χ3n) is 4.05. The van der Waals surface area contributed by atoms with Gasteiger partial charge in [-0.15, -0.1) is 0 Å². The van der Waals surface area contributed by atoms with E-state index >= 15 is 0 Å². The van der Waals surface area contributed by atoms with Crippen molar-refractivity contribution in [3.63, 3.8) is 0 Å². The molecule has 4 rings (SSSR count). The molecule has 1 unspecified atom stereocenters. The molecule has 2 nitrogen and oxygen atoms in total. The molecule has 0 bridgehead atoms. The summed E-state index contributed by atoms with van der Waals surface area (Å²) in [6, 6.07) is 12.6. The normalized spacial score (nSPS) is 15.5. The molecule has 0 aliphatic carbocycles. The van der Waals surface area contributed by atoms with Gasteiger partial charge in [0, 0.05) is 35.2 Å². The molecule has 1 aromatic heterocycles. The van der Waals surface area contributed by atoms with Gasteiger partial charge in [-0.05, 0) is 49.6 Å². The fourth-order valence-electron chi connectivity index (χ4n) is 2.99. The second kappa shape index (κ2) is 8.77. The van der Waals surface area contributed by atoms with Gasteiger partial charge in [-0.2, -0.15) is 0 Å². The van der Waals surface area contributed by atoms with Crippen LogP contribution in [-0.2, 0) is 13.0 Å². The number of aromatic nitrogens is 1. The molecule has 1 atom stereocenters. The van der Waals surface area contributed by atoms with Crippen molar-refractivity contribution in [1.82, 2.24) is 10.3 Å². The van der Waals surface area contributed by atoms with Crippen molar-refractivity contribution in [3.8, 4) is 0 Å². The molecular weight excluding hydrogens is 318 g/mol. The van der Waals surface area contributed by atoms with Crippen LogP contribution in [0.4, 0.5) is 8.78 Å². The van der Waals surface area contributed by atoms with Crippen molar-refractivity contribution < 1.29 is 8.78 Å². The fraction of sp³-hybridized carbons (Fsp3) is 0.333. The van der Waals surface area contributed by atoms with Crippen molar-refractivity contribution in [3.05, 3.63) is 70.9 Å². The summed E-state index contributed by atoms with van der Waals surface area (Å²) in [5.41, 5.74) is 4.75. The van der Waals surface area contributed by atoms with Crippen LogP contribution in [0.3, 0.4) is 0 Å². The summed E-state index contributed by atoms with van der Waals surface area (Å²) < 4.78 is 24.4. The van der Waals surface area contributed by atoms with Crippen LogP contribution in [0.25, 0.3) is 10.9 Å². The summed E-state index contributed by atoms with van der Waals surface area (Å²) in [6.07, 6.45) is 1.14. The fourth-order valence-corrected chi connectivity index (χ4v) is 2.99. The standard InChI is InChI=1S/C12H14N2.C7H6F2.C2H6/c1-8-6-10-9-4-2-3-5-11(9)14-12(10)7-13-8;1-5-2-6(8)4-7(9)3-5;1-2/h2-5,8,13-14H,6-7H2,1H3;2-4H,1H3;1-2H3. The number of aryl methyl sites for hydroxylation is 1. The molecule has 2 aromatic carbocycles. The largest absolute Gasteiger partial charge is 0.357 e. The second-order valence-electron chi connectivity index (χ2n) is 6.06. The van der Waals surface area contributed by atoms with Gasteiger partial charge in [0.25, 0.3) is 0 Å². The third kappa shape index (κ3) is 4.89. The second-order valence-corrected chi connectivity index (χ2v) is 6.06. The lowest BCUT2D eigenvalue weighted by Crippen LogP contribution is -2.32. The number of rotatable bonds is 0. The number of H-pyrrole nitrogens is 1. The van der Waals surface area contributed by atoms with Gasteiger partial charge in [0.05, 0.1) is 0 Å². The third-order valence-corrected chi connectivity index (χ3v) is 4.05. The number of halogens is 2. The van der Waals surface area contributed by atoms with E-state index in [-0.39, 0.29) is 0 Å². The Labute approximate surface area is 148 Å². The van der Waals surface area contributed by atoms with Crippen molar-refractivity contribution in [1.29, 1.82) is 0 Å². The summed E-state index contributed by atoms with van der Waals surface area (Å²) in [7, 11) is 0. The van der Waals surface area contributed by atoms with Crippen LogP contribution in [0, 0.1) is 18.6 Å². The summed E-state index contributed by atoms with van der Waals surface area (Å²) in [5, 5.41) is 4.87. The topological polar surface area (TPSA) is 27.8 Å². The Bertz CT molecular complexity index is 773. The number of fused-ring (bicyclic) bond motifs is 3. The number of para-hydroxylation sites is 1. The van der Waals surface area contributed by atoms with Gasteiger partial charge in [0.2, 0.25) is 0 Å². The van der Waals surface area contributed by atoms with E-state index in [0.29, 0.717) is 11.6 Å². The lowest BCUT2D eigenvalue weighted by Gasteiger charge is -2.20. The smallest absolute Gasteiger partial charge is 0.126 e. The molecule has 1 aliphatic heterocycles. The molecule has 4 heteroatoms. The summed E-state index contributed by atoms with van der Waals surface area (Å²) in [5.74, 6) is -1.04. The first kappa shape index (κ1) is 19.1. The van der Waals surface area contributed by atoms with Gasteiger partial charge in [0.15, 0.2) is 0 Å². The van der Waals surface area contributed by atoms with Crippen molar-refractivity contribution >= 4 is 10.9 Å². The maximum atomic E-state index is 12.2. The number of hydrogen-bond acceptors (Lipinski definition) is 1. The van der Waals surface area contributed by atoms with E-state index in [0.717, 1.165) is 19.0 Å². The zero-order valence-electron chi connectivity index (χ0n) is 15.3. The zero-order chi connectivity index (χ0) is 18.4. The number of aromatic amines is 1. The molecule has 0 fully saturated rings. The minimum absolute atomic E-state index is 0.521. The predicted molar refractivity (Wildman–Crippen MR) is 101 cm³/mol. The van der Waals surface area contributed by atoms with Gasteiger partial charge in [-0.3, -0.25) is 0 Å². The Hall–Kier alpha value is -2.20.